The third-order valence-corrected chi connectivity index (χ3v) is 3.72. The molecule has 0 radical (unpaired) electrons. The van der Waals surface area contributed by atoms with Crippen LogP contribution in [0, 0.1) is 0 Å². The number of aromatic nitrogens is 4. The first-order valence-corrected chi connectivity index (χ1v) is 6.41. The molecule has 2 atom stereocenters. The summed E-state index contributed by atoms with van der Waals surface area (Å²) in [6, 6.07) is 0.993. The minimum absolute atomic E-state index is 0.262. The Bertz CT molecular complexity index is 376. The molecule has 1 heterocycles. The van der Waals surface area contributed by atoms with E-state index in [2.05, 4.69) is 20.8 Å². The molecule has 0 bridgehead atoms. The maximum Gasteiger partial charge on any atom is 0.165 e. The Morgan fingerprint density at radius 3 is 3.00 bits per heavy atom. The molecule has 94 valence electrons. The summed E-state index contributed by atoms with van der Waals surface area (Å²) < 4.78 is 7.46. The van der Waals surface area contributed by atoms with Crippen LogP contribution >= 0.6 is 0 Å². The molecule has 17 heavy (non-hydrogen) atoms. The molecule has 1 aromatic heterocycles. The topological polar surface area (TPSA) is 64.9 Å². The van der Waals surface area contributed by atoms with Crippen molar-refractivity contribution >= 4 is 0 Å². The van der Waals surface area contributed by atoms with Gasteiger partial charge in [0.2, 0.25) is 0 Å². The van der Waals surface area contributed by atoms with Crippen molar-refractivity contribution in [1.29, 1.82) is 0 Å². The predicted octanol–water partition coefficient (Wildman–Crippen LogP) is 0.665. The van der Waals surface area contributed by atoms with Gasteiger partial charge in [0.25, 0.3) is 0 Å². The first-order valence-electron chi connectivity index (χ1n) is 6.41. The van der Waals surface area contributed by atoms with Crippen molar-refractivity contribution < 1.29 is 4.74 Å². The number of rotatable bonds is 5. The zero-order valence-corrected chi connectivity index (χ0v) is 10.2. The Morgan fingerprint density at radius 2 is 2.24 bits per heavy atom. The van der Waals surface area contributed by atoms with Crippen LogP contribution < -0.4 is 5.32 Å². The molecule has 1 aromatic rings. The predicted molar refractivity (Wildman–Crippen MR) is 61.4 cm³/mol. The third kappa shape index (κ3) is 2.32. The molecule has 2 aliphatic carbocycles. The molecule has 3 rings (SSSR count). The molecule has 2 fully saturated rings. The minimum Gasteiger partial charge on any atom is -0.379 e. The second-order valence-corrected chi connectivity index (χ2v) is 4.97. The highest BCUT2D eigenvalue weighted by Crippen LogP contribution is 2.32. The van der Waals surface area contributed by atoms with Gasteiger partial charge in [-0.15, -0.1) is 5.10 Å². The molecular formula is C11H19N5O. The fourth-order valence-corrected chi connectivity index (χ4v) is 2.57. The van der Waals surface area contributed by atoms with Crippen molar-refractivity contribution in [2.24, 2.45) is 0 Å². The summed E-state index contributed by atoms with van der Waals surface area (Å²) in [4.78, 5) is 0. The molecule has 0 aromatic carbocycles. The lowest BCUT2D eigenvalue weighted by Crippen LogP contribution is -2.26. The molecule has 6 nitrogen and oxygen atoms in total. The van der Waals surface area contributed by atoms with E-state index in [-0.39, 0.29) is 6.10 Å². The van der Waals surface area contributed by atoms with Crippen molar-refractivity contribution in [3.8, 4) is 0 Å². The summed E-state index contributed by atoms with van der Waals surface area (Å²) in [7, 11) is 1.77. The molecular weight excluding hydrogens is 218 g/mol. The van der Waals surface area contributed by atoms with Gasteiger partial charge in [0, 0.05) is 13.2 Å². The number of hydrogen-bond acceptors (Lipinski definition) is 5. The summed E-state index contributed by atoms with van der Waals surface area (Å²) in [6.45, 7) is 0.768. The van der Waals surface area contributed by atoms with Crippen molar-refractivity contribution in [2.45, 2.75) is 56.8 Å². The van der Waals surface area contributed by atoms with E-state index in [0.717, 1.165) is 25.2 Å². The Balaban J connectivity index is 1.70. The number of hydrogen-bond donors (Lipinski definition) is 1. The number of tetrazole rings is 1. The van der Waals surface area contributed by atoms with Crippen LogP contribution in [0.25, 0.3) is 0 Å². The lowest BCUT2D eigenvalue weighted by Gasteiger charge is -2.19. The summed E-state index contributed by atoms with van der Waals surface area (Å²) >= 11 is 0. The lowest BCUT2D eigenvalue weighted by molar-refractivity contribution is 0.0690. The van der Waals surface area contributed by atoms with Gasteiger partial charge in [-0.25, -0.2) is 4.68 Å². The maximum atomic E-state index is 5.50. The standard InChI is InChI=1S/C11H19N5O/c1-17-10-4-2-3-9(10)16-11(13-14-15-16)7-12-8-5-6-8/h8-10,12H,2-7H2,1H3. The second kappa shape index (κ2) is 4.70. The minimum atomic E-state index is 0.262. The Morgan fingerprint density at radius 1 is 1.35 bits per heavy atom. The van der Waals surface area contributed by atoms with E-state index in [4.69, 9.17) is 4.74 Å². The number of nitrogens with one attached hydrogen (secondary N) is 1. The Hall–Kier alpha value is -1.01. The van der Waals surface area contributed by atoms with Crippen LogP contribution in [0.5, 0.6) is 0 Å². The van der Waals surface area contributed by atoms with E-state index in [1.807, 2.05) is 4.68 Å². The Labute approximate surface area is 101 Å². The summed E-state index contributed by atoms with van der Waals surface area (Å²) in [6.07, 6.45) is 6.24. The average Bonchev–Trinajstić information content (AvgIpc) is 2.89. The van der Waals surface area contributed by atoms with E-state index in [9.17, 15) is 0 Å². The van der Waals surface area contributed by atoms with Crippen molar-refractivity contribution in [3.63, 3.8) is 0 Å². The summed E-state index contributed by atoms with van der Waals surface area (Å²) in [5.41, 5.74) is 0. The fourth-order valence-electron chi connectivity index (χ4n) is 2.57. The number of methoxy groups -OCH3 is 1. The van der Waals surface area contributed by atoms with Crippen LogP contribution in [0.1, 0.15) is 44.0 Å². The molecule has 2 saturated carbocycles. The van der Waals surface area contributed by atoms with Crippen LogP contribution in [0.2, 0.25) is 0 Å². The maximum absolute atomic E-state index is 5.50. The van der Waals surface area contributed by atoms with Gasteiger partial charge < -0.3 is 10.1 Å². The first kappa shape index (κ1) is 11.1. The van der Waals surface area contributed by atoms with E-state index < -0.39 is 0 Å². The highest BCUT2D eigenvalue weighted by molar-refractivity contribution is 4.92. The summed E-state index contributed by atoms with van der Waals surface area (Å²) in [5, 5.41) is 15.5. The normalized spacial score (nSPS) is 28.8. The zero-order chi connectivity index (χ0) is 11.7. The van der Waals surface area contributed by atoms with Crippen LogP contribution in [0.4, 0.5) is 0 Å². The van der Waals surface area contributed by atoms with Crippen molar-refractivity contribution in [2.75, 3.05) is 7.11 Å². The van der Waals surface area contributed by atoms with E-state index in [1.54, 1.807) is 7.11 Å². The van der Waals surface area contributed by atoms with Gasteiger partial charge in [-0.2, -0.15) is 0 Å². The second-order valence-electron chi connectivity index (χ2n) is 4.97. The SMILES string of the molecule is COC1CCCC1n1nnnc1CNC1CC1. The quantitative estimate of drug-likeness (QED) is 0.815. The molecule has 2 unspecified atom stereocenters. The number of ether oxygens (including phenoxy) is 1. The van der Waals surface area contributed by atoms with Crippen LogP contribution in [0.3, 0.4) is 0 Å². The molecule has 6 heteroatoms. The zero-order valence-electron chi connectivity index (χ0n) is 10.2. The summed E-state index contributed by atoms with van der Waals surface area (Å²) in [5.74, 6) is 0.936. The van der Waals surface area contributed by atoms with E-state index in [1.165, 1.54) is 19.3 Å². The third-order valence-electron chi connectivity index (χ3n) is 3.72. The highest BCUT2D eigenvalue weighted by Gasteiger charge is 2.31. The number of nitrogens with zero attached hydrogens (tertiary/aromatic N) is 4. The Kier molecular flexibility index (Phi) is 3.07. The van der Waals surface area contributed by atoms with Crippen LogP contribution in [-0.2, 0) is 11.3 Å². The molecule has 0 aliphatic heterocycles. The van der Waals surface area contributed by atoms with Gasteiger partial charge in [-0.1, -0.05) is 0 Å². The molecule has 0 saturated heterocycles. The van der Waals surface area contributed by atoms with Crippen LogP contribution in [0.15, 0.2) is 0 Å². The largest absolute Gasteiger partial charge is 0.379 e. The van der Waals surface area contributed by atoms with Gasteiger partial charge in [-0.05, 0) is 42.5 Å². The highest BCUT2D eigenvalue weighted by atomic mass is 16.5. The van der Waals surface area contributed by atoms with E-state index in [0.29, 0.717) is 12.1 Å². The average molecular weight is 237 g/mol. The van der Waals surface area contributed by atoms with Crippen molar-refractivity contribution in [1.82, 2.24) is 25.5 Å². The van der Waals surface area contributed by atoms with Crippen molar-refractivity contribution in [3.05, 3.63) is 5.82 Å². The molecule has 0 spiro atoms. The molecule has 2 aliphatic rings. The monoisotopic (exact) mass is 237 g/mol. The van der Waals surface area contributed by atoms with Gasteiger partial charge in [-0.3, -0.25) is 0 Å². The fraction of sp³-hybridized carbons (Fsp3) is 0.909. The van der Waals surface area contributed by atoms with Gasteiger partial charge in [0.15, 0.2) is 5.82 Å². The first-order chi connectivity index (χ1) is 8.38. The smallest absolute Gasteiger partial charge is 0.165 e. The van der Waals surface area contributed by atoms with E-state index >= 15 is 0 Å². The lowest BCUT2D eigenvalue weighted by atomic mass is 10.2. The van der Waals surface area contributed by atoms with Crippen LogP contribution in [-0.4, -0.2) is 39.5 Å². The van der Waals surface area contributed by atoms with Gasteiger partial charge in [0.1, 0.15) is 0 Å². The molecule has 1 N–H and O–H groups in total. The van der Waals surface area contributed by atoms with Gasteiger partial charge >= 0.3 is 0 Å². The van der Waals surface area contributed by atoms with Gasteiger partial charge in [0.05, 0.1) is 18.7 Å². The molecule has 0 amide bonds.